The summed E-state index contributed by atoms with van der Waals surface area (Å²) in [5.41, 5.74) is 2.00. The summed E-state index contributed by atoms with van der Waals surface area (Å²) in [6.07, 6.45) is 5.43. The fourth-order valence-corrected chi connectivity index (χ4v) is 3.13. The van der Waals surface area contributed by atoms with Gasteiger partial charge >= 0.3 is 0 Å². The van der Waals surface area contributed by atoms with Gasteiger partial charge in [0.1, 0.15) is 17.9 Å². The Morgan fingerprint density at radius 2 is 2.13 bits per heavy atom. The van der Waals surface area contributed by atoms with Crippen LogP contribution in [0.5, 0.6) is 5.75 Å². The van der Waals surface area contributed by atoms with Gasteiger partial charge in [-0.2, -0.15) is 5.10 Å². The predicted molar refractivity (Wildman–Crippen MR) is 93.2 cm³/mol. The summed E-state index contributed by atoms with van der Waals surface area (Å²) in [5, 5.41) is 5.21. The Hall–Kier alpha value is -2.28. The number of nitrogens with zero attached hydrogens (tertiary/aromatic N) is 5. The monoisotopic (exact) mass is 329 g/mol. The number of thioether (sulfide) groups is 1. The van der Waals surface area contributed by atoms with E-state index in [0.29, 0.717) is 0 Å². The third kappa shape index (κ3) is 2.96. The Bertz CT molecular complexity index is 832. The van der Waals surface area contributed by atoms with Crippen molar-refractivity contribution in [2.75, 3.05) is 25.3 Å². The SMILES string of the molecule is COc1cc(CN(C)c2ncnc3c2cnn3C)ccc1SC. The first-order valence-corrected chi connectivity index (χ1v) is 8.41. The maximum atomic E-state index is 5.46. The van der Waals surface area contributed by atoms with E-state index in [9.17, 15) is 0 Å². The number of fused-ring (bicyclic) bond motifs is 1. The number of ether oxygens (including phenoxy) is 1. The number of hydrogen-bond acceptors (Lipinski definition) is 6. The van der Waals surface area contributed by atoms with E-state index in [1.54, 1.807) is 36.1 Å². The molecule has 0 fully saturated rings. The van der Waals surface area contributed by atoms with Gasteiger partial charge in [-0.15, -0.1) is 11.8 Å². The van der Waals surface area contributed by atoms with Gasteiger partial charge in [-0.1, -0.05) is 6.07 Å². The molecular weight excluding hydrogens is 310 g/mol. The van der Waals surface area contributed by atoms with E-state index < -0.39 is 0 Å². The van der Waals surface area contributed by atoms with E-state index in [1.165, 1.54) is 0 Å². The third-order valence-electron chi connectivity index (χ3n) is 3.74. The number of rotatable bonds is 5. The predicted octanol–water partition coefficient (Wildman–Crippen LogP) is 2.73. The highest BCUT2D eigenvalue weighted by molar-refractivity contribution is 7.98. The molecule has 0 unspecified atom stereocenters. The van der Waals surface area contributed by atoms with Gasteiger partial charge < -0.3 is 9.64 Å². The largest absolute Gasteiger partial charge is 0.496 e. The average Bonchev–Trinajstić information content (AvgIpc) is 2.96. The molecule has 0 spiro atoms. The number of anilines is 1. The van der Waals surface area contributed by atoms with Crippen molar-refractivity contribution in [3.8, 4) is 5.75 Å². The minimum atomic E-state index is 0.728. The lowest BCUT2D eigenvalue weighted by molar-refractivity contribution is 0.404. The van der Waals surface area contributed by atoms with Crippen molar-refractivity contribution < 1.29 is 4.74 Å². The maximum Gasteiger partial charge on any atom is 0.163 e. The first-order valence-electron chi connectivity index (χ1n) is 7.18. The zero-order valence-electron chi connectivity index (χ0n) is 13.6. The van der Waals surface area contributed by atoms with Gasteiger partial charge in [-0.3, -0.25) is 4.68 Å². The van der Waals surface area contributed by atoms with Crippen LogP contribution in [0.4, 0.5) is 5.82 Å². The lowest BCUT2D eigenvalue weighted by Crippen LogP contribution is -2.18. The van der Waals surface area contributed by atoms with Crippen molar-refractivity contribution in [3.63, 3.8) is 0 Å². The van der Waals surface area contributed by atoms with Crippen LogP contribution in [-0.4, -0.2) is 40.2 Å². The molecule has 0 bridgehead atoms. The number of hydrogen-bond donors (Lipinski definition) is 0. The highest BCUT2D eigenvalue weighted by Gasteiger charge is 2.13. The number of aromatic nitrogens is 4. The normalized spacial score (nSPS) is 11.0. The van der Waals surface area contributed by atoms with Gasteiger partial charge in [-0.05, 0) is 24.0 Å². The van der Waals surface area contributed by atoms with E-state index in [2.05, 4.69) is 38.2 Å². The molecule has 0 aliphatic heterocycles. The molecule has 0 amide bonds. The van der Waals surface area contributed by atoms with Gasteiger partial charge in [0.2, 0.25) is 0 Å². The second-order valence-electron chi connectivity index (χ2n) is 5.25. The number of methoxy groups -OCH3 is 1. The van der Waals surface area contributed by atoms with Crippen LogP contribution in [0.1, 0.15) is 5.56 Å². The van der Waals surface area contributed by atoms with Crippen molar-refractivity contribution in [3.05, 3.63) is 36.3 Å². The first-order chi connectivity index (χ1) is 11.1. The molecule has 6 nitrogen and oxygen atoms in total. The van der Waals surface area contributed by atoms with Crippen molar-refractivity contribution in [1.29, 1.82) is 0 Å². The number of aryl methyl sites for hydroxylation is 1. The smallest absolute Gasteiger partial charge is 0.163 e. The second-order valence-corrected chi connectivity index (χ2v) is 6.10. The summed E-state index contributed by atoms with van der Waals surface area (Å²) in [6, 6.07) is 6.28. The molecule has 0 aliphatic carbocycles. The van der Waals surface area contributed by atoms with E-state index >= 15 is 0 Å². The van der Waals surface area contributed by atoms with Crippen LogP contribution < -0.4 is 9.64 Å². The molecule has 3 rings (SSSR count). The van der Waals surface area contributed by atoms with Crippen LogP contribution in [0.2, 0.25) is 0 Å². The standard InChI is InChI=1S/C16H19N5OS/c1-20(9-11-5-6-14(23-4)13(7-11)22-3)15-12-8-19-21(2)16(12)18-10-17-15/h5-8,10H,9H2,1-4H3. The molecule has 0 aliphatic rings. The minimum absolute atomic E-state index is 0.728. The van der Waals surface area contributed by atoms with Crippen molar-refractivity contribution in [1.82, 2.24) is 19.7 Å². The van der Waals surface area contributed by atoms with Crippen LogP contribution in [0.15, 0.2) is 35.6 Å². The summed E-state index contributed by atoms with van der Waals surface area (Å²) in [7, 11) is 5.60. The highest BCUT2D eigenvalue weighted by atomic mass is 32.2. The Kier molecular flexibility index (Phi) is 4.38. The van der Waals surface area contributed by atoms with Crippen LogP contribution >= 0.6 is 11.8 Å². The topological polar surface area (TPSA) is 56.1 Å². The Balaban J connectivity index is 1.90. The molecular formula is C16H19N5OS. The zero-order valence-corrected chi connectivity index (χ0v) is 14.5. The lowest BCUT2D eigenvalue weighted by atomic mass is 10.2. The van der Waals surface area contributed by atoms with Crippen molar-refractivity contribution in [2.24, 2.45) is 7.05 Å². The Morgan fingerprint density at radius 3 is 2.87 bits per heavy atom. The molecule has 3 aromatic rings. The van der Waals surface area contributed by atoms with Gasteiger partial charge in [0.15, 0.2) is 5.65 Å². The van der Waals surface area contributed by atoms with Gasteiger partial charge in [0.25, 0.3) is 0 Å². The fraction of sp³-hybridized carbons (Fsp3) is 0.312. The van der Waals surface area contributed by atoms with Gasteiger partial charge in [-0.25, -0.2) is 9.97 Å². The molecule has 0 radical (unpaired) electrons. The summed E-state index contributed by atoms with van der Waals surface area (Å²) in [6.45, 7) is 0.728. The Morgan fingerprint density at radius 1 is 1.30 bits per heavy atom. The van der Waals surface area contributed by atoms with Crippen LogP contribution in [0.25, 0.3) is 11.0 Å². The van der Waals surface area contributed by atoms with E-state index in [4.69, 9.17) is 4.74 Å². The van der Waals surface area contributed by atoms with E-state index in [0.717, 1.165) is 39.6 Å². The van der Waals surface area contributed by atoms with Crippen LogP contribution in [0.3, 0.4) is 0 Å². The third-order valence-corrected chi connectivity index (χ3v) is 4.51. The molecule has 120 valence electrons. The first kappa shape index (κ1) is 15.6. The highest BCUT2D eigenvalue weighted by Crippen LogP contribution is 2.29. The zero-order chi connectivity index (χ0) is 16.4. The molecule has 0 saturated carbocycles. The lowest BCUT2D eigenvalue weighted by Gasteiger charge is -2.19. The molecule has 0 N–H and O–H groups in total. The molecule has 23 heavy (non-hydrogen) atoms. The van der Waals surface area contributed by atoms with Crippen LogP contribution in [0, 0.1) is 0 Å². The van der Waals surface area contributed by atoms with Crippen molar-refractivity contribution >= 4 is 28.6 Å². The Labute approximate surface area is 139 Å². The molecule has 2 heterocycles. The number of benzene rings is 1. The van der Waals surface area contributed by atoms with Gasteiger partial charge in [0, 0.05) is 25.5 Å². The van der Waals surface area contributed by atoms with Crippen LogP contribution in [-0.2, 0) is 13.6 Å². The second kappa shape index (κ2) is 6.45. The average molecular weight is 329 g/mol. The van der Waals surface area contributed by atoms with Gasteiger partial charge in [0.05, 0.1) is 18.7 Å². The summed E-state index contributed by atoms with van der Waals surface area (Å²) in [4.78, 5) is 11.9. The minimum Gasteiger partial charge on any atom is -0.496 e. The van der Waals surface area contributed by atoms with E-state index in [1.807, 2.05) is 20.4 Å². The van der Waals surface area contributed by atoms with E-state index in [-0.39, 0.29) is 0 Å². The maximum absolute atomic E-state index is 5.46. The molecule has 2 aromatic heterocycles. The molecule has 1 aromatic carbocycles. The summed E-state index contributed by atoms with van der Waals surface area (Å²) >= 11 is 1.68. The summed E-state index contributed by atoms with van der Waals surface area (Å²) < 4.78 is 7.21. The molecule has 7 heteroatoms. The quantitative estimate of drug-likeness (QED) is 0.671. The van der Waals surface area contributed by atoms with Crippen molar-refractivity contribution in [2.45, 2.75) is 11.4 Å². The summed E-state index contributed by atoms with van der Waals surface area (Å²) in [5.74, 6) is 1.77. The fourth-order valence-electron chi connectivity index (χ4n) is 2.58. The molecule has 0 atom stereocenters. The molecule has 0 saturated heterocycles.